The largest absolute Gasteiger partial charge is 0.445 e. The molecule has 3 rings (SSSR count). The maximum absolute atomic E-state index is 12.7. The van der Waals surface area contributed by atoms with E-state index in [1.807, 2.05) is 60.7 Å². The third-order valence-electron chi connectivity index (χ3n) is 4.55. The van der Waals surface area contributed by atoms with Crippen molar-refractivity contribution in [1.29, 1.82) is 0 Å². The van der Waals surface area contributed by atoms with Crippen molar-refractivity contribution < 1.29 is 9.53 Å². The first kappa shape index (κ1) is 17.1. The Hall–Kier alpha value is -2.73. The van der Waals surface area contributed by atoms with Crippen LogP contribution in [0, 0.1) is 11.8 Å². The normalized spacial score (nSPS) is 18.3. The molecular formula is C22H23NO2. The van der Waals surface area contributed by atoms with E-state index in [9.17, 15) is 4.79 Å². The predicted molar refractivity (Wildman–Crippen MR) is 98.9 cm³/mol. The number of ether oxygens (including phenoxy) is 1. The van der Waals surface area contributed by atoms with Crippen LogP contribution in [0.1, 0.15) is 37.8 Å². The van der Waals surface area contributed by atoms with Crippen molar-refractivity contribution >= 4 is 6.09 Å². The summed E-state index contributed by atoms with van der Waals surface area (Å²) in [5.41, 5.74) is 1.70. The van der Waals surface area contributed by atoms with Crippen LogP contribution >= 0.6 is 0 Å². The average molecular weight is 333 g/mol. The molecule has 0 saturated carbocycles. The highest BCUT2D eigenvalue weighted by atomic mass is 16.6. The highest BCUT2D eigenvalue weighted by molar-refractivity contribution is 5.70. The number of carbonyl (C=O) groups is 1. The summed E-state index contributed by atoms with van der Waals surface area (Å²) < 4.78 is 5.55. The second-order valence-corrected chi connectivity index (χ2v) is 6.91. The van der Waals surface area contributed by atoms with Gasteiger partial charge in [-0.2, -0.15) is 0 Å². The second-order valence-electron chi connectivity index (χ2n) is 6.91. The summed E-state index contributed by atoms with van der Waals surface area (Å²) in [5.74, 6) is 6.44. The molecule has 0 N–H and O–H groups in total. The standard InChI is InChI=1S/C22H23NO2/c1-22(2)16-15-20(14-13-18-9-5-3-6-10-18)23(22)21(24)25-17-19-11-7-4-8-12-19/h3-12,20H,15-17H2,1-2H3/t20-/m1/s1. The van der Waals surface area contributed by atoms with E-state index in [1.54, 1.807) is 4.90 Å². The molecule has 0 aliphatic carbocycles. The lowest BCUT2D eigenvalue weighted by Crippen LogP contribution is -2.46. The molecule has 3 nitrogen and oxygen atoms in total. The van der Waals surface area contributed by atoms with E-state index in [0.717, 1.165) is 24.0 Å². The minimum atomic E-state index is -0.293. The van der Waals surface area contributed by atoms with Crippen molar-refractivity contribution in [1.82, 2.24) is 4.90 Å². The summed E-state index contributed by atoms with van der Waals surface area (Å²) in [6, 6.07) is 19.5. The van der Waals surface area contributed by atoms with Crippen LogP contribution in [0.25, 0.3) is 0 Å². The highest BCUT2D eigenvalue weighted by Crippen LogP contribution is 2.34. The zero-order chi connectivity index (χ0) is 17.7. The van der Waals surface area contributed by atoms with Gasteiger partial charge in [0.2, 0.25) is 0 Å². The van der Waals surface area contributed by atoms with Gasteiger partial charge in [-0.1, -0.05) is 60.4 Å². The van der Waals surface area contributed by atoms with E-state index in [4.69, 9.17) is 4.74 Å². The molecule has 1 amide bonds. The van der Waals surface area contributed by atoms with Gasteiger partial charge in [-0.25, -0.2) is 4.79 Å². The first-order valence-electron chi connectivity index (χ1n) is 8.63. The monoisotopic (exact) mass is 333 g/mol. The Balaban J connectivity index is 1.71. The Morgan fingerprint density at radius 2 is 1.76 bits per heavy atom. The molecule has 0 unspecified atom stereocenters. The molecule has 2 aromatic rings. The molecular weight excluding hydrogens is 310 g/mol. The first-order valence-corrected chi connectivity index (χ1v) is 8.63. The van der Waals surface area contributed by atoms with Crippen LogP contribution in [-0.2, 0) is 11.3 Å². The fourth-order valence-electron chi connectivity index (χ4n) is 3.15. The Labute approximate surface area is 149 Å². The zero-order valence-corrected chi connectivity index (χ0v) is 14.7. The molecule has 25 heavy (non-hydrogen) atoms. The highest BCUT2D eigenvalue weighted by Gasteiger charge is 2.42. The topological polar surface area (TPSA) is 29.5 Å². The molecule has 1 saturated heterocycles. The van der Waals surface area contributed by atoms with Gasteiger partial charge in [0.25, 0.3) is 0 Å². The minimum absolute atomic E-state index is 0.113. The van der Waals surface area contributed by atoms with E-state index in [1.165, 1.54) is 0 Å². The first-order chi connectivity index (χ1) is 12.1. The van der Waals surface area contributed by atoms with Gasteiger partial charge >= 0.3 is 6.09 Å². The fourth-order valence-corrected chi connectivity index (χ4v) is 3.15. The van der Waals surface area contributed by atoms with E-state index in [-0.39, 0.29) is 24.3 Å². The predicted octanol–water partition coefficient (Wildman–Crippen LogP) is 4.62. The third kappa shape index (κ3) is 4.22. The van der Waals surface area contributed by atoms with Crippen LogP contribution < -0.4 is 0 Å². The van der Waals surface area contributed by atoms with Gasteiger partial charge in [0, 0.05) is 11.1 Å². The van der Waals surface area contributed by atoms with Crippen LogP contribution in [0.5, 0.6) is 0 Å². The third-order valence-corrected chi connectivity index (χ3v) is 4.55. The molecule has 1 aliphatic heterocycles. The van der Waals surface area contributed by atoms with E-state index < -0.39 is 0 Å². The van der Waals surface area contributed by atoms with Crippen molar-refractivity contribution in [3.8, 4) is 11.8 Å². The maximum Gasteiger partial charge on any atom is 0.411 e. The lowest BCUT2D eigenvalue weighted by Gasteiger charge is -2.33. The Kier molecular flexibility index (Phi) is 5.09. The lowest BCUT2D eigenvalue weighted by atomic mass is 10.0. The molecule has 1 fully saturated rings. The van der Waals surface area contributed by atoms with Crippen LogP contribution in [0.4, 0.5) is 4.79 Å². The van der Waals surface area contributed by atoms with E-state index in [0.29, 0.717) is 0 Å². The molecule has 128 valence electrons. The SMILES string of the molecule is CC1(C)CC[C@@H](C#Cc2ccccc2)N1C(=O)OCc1ccccc1. The number of hydrogen-bond donors (Lipinski definition) is 0. The van der Waals surface area contributed by atoms with Gasteiger partial charge in [-0.3, -0.25) is 4.90 Å². The van der Waals surface area contributed by atoms with Gasteiger partial charge in [0.05, 0.1) is 6.04 Å². The van der Waals surface area contributed by atoms with Crippen molar-refractivity contribution in [2.75, 3.05) is 0 Å². The summed E-state index contributed by atoms with van der Waals surface area (Å²) in [4.78, 5) is 14.5. The van der Waals surface area contributed by atoms with Gasteiger partial charge in [0.1, 0.15) is 6.61 Å². The van der Waals surface area contributed by atoms with Crippen molar-refractivity contribution in [2.45, 2.75) is 44.9 Å². The van der Waals surface area contributed by atoms with Crippen molar-refractivity contribution in [3.05, 3.63) is 71.8 Å². The fraction of sp³-hybridized carbons (Fsp3) is 0.318. The van der Waals surface area contributed by atoms with Crippen LogP contribution in [-0.4, -0.2) is 22.6 Å². The Morgan fingerprint density at radius 1 is 1.12 bits per heavy atom. The van der Waals surface area contributed by atoms with Gasteiger partial charge in [-0.05, 0) is 44.4 Å². The molecule has 0 aromatic heterocycles. The molecule has 1 atom stereocenters. The molecule has 2 aromatic carbocycles. The molecule has 0 bridgehead atoms. The van der Waals surface area contributed by atoms with Gasteiger partial charge in [-0.15, -0.1) is 0 Å². The number of nitrogens with zero attached hydrogens (tertiary/aromatic N) is 1. The summed E-state index contributed by atoms with van der Waals surface area (Å²) >= 11 is 0. The van der Waals surface area contributed by atoms with E-state index in [2.05, 4.69) is 25.7 Å². The minimum Gasteiger partial charge on any atom is -0.445 e. The zero-order valence-electron chi connectivity index (χ0n) is 14.7. The number of rotatable bonds is 2. The number of benzene rings is 2. The smallest absolute Gasteiger partial charge is 0.411 e. The summed E-state index contributed by atoms with van der Waals surface area (Å²) in [6.07, 6.45) is 1.49. The molecule has 0 radical (unpaired) electrons. The molecule has 3 heteroatoms. The van der Waals surface area contributed by atoms with Crippen LogP contribution in [0.3, 0.4) is 0 Å². The Morgan fingerprint density at radius 3 is 2.44 bits per heavy atom. The summed E-state index contributed by atoms with van der Waals surface area (Å²) in [7, 11) is 0. The summed E-state index contributed by atoms with van der Waals surface area (Å²) in [5, 5.41) is 0. The molecule has 1 heterocycles. The number of carbonyl (C=O) groups excluding carboxylic acids is 1. The van der Waals surface area contributed by atoms with Crippen LogP contribution in [0.2, 0.25) is 0 Å². The molecule has 0 spiro atoms. The van der Waals surface area contributed by atoms with Crippen LogP contribution in [0.15, 0.2) is 60.7 Å². The number of likely N-dealkylation sites (tertiary alicyclic amines) is 1. The Bertz CT molecular complexity index is 772. The van der Waals surface area contributed by atoms with Gasteiger partial charge in [0.15, 0.2) is 0 Å². The average Bonchev–Trinajstić information content (AvgIpc) is 2.94. The van der Waals surface area contributed by atoms with Crippen molar-refractivity contribution in [2.24, 2.45) is 0 Å². The molecule has 1 aliphatic rings. The van der Waals surface area contributed by atoms with E-state index >= 15 is 0 Å². The quantitative estimate of drug-likeness (QED) is 0.751. The lowest BCUT2D eigenvalue weighted by molar-refractivity contribution is 0.0673. The summed E-state index contributed by atoms with van der Waals surface area (Å²) in [6.45, 7) is 4.42. The second kappa shape index (κ2) is 7.44. The maximum atomic E-state index is 12.7. The van der Waals surface area contributed by atoms with Gasteiger partial charge < -0.3 is 4.74 Å². The number of hydrogen-bond acceptors (Lipinski definition) is 2. The van der Waals surface area contributed by atoms with Crippen molar-refractivity contribution in [3.63, 3.8) is 0 Å². The number of amides is 1.